The van der Waals surface area contributed by atoms with Crippen molar-refractivity contribution in [1.82, 2.24) is 4.90 Å². The molecular weight excluding hydrogens is 522 g/mol. The number of ketones is 1. The molecule has 41 heavy (non-hydrogen) atoms. The van der Waals surface area contributed by atoms with Crippen molar-refractivity contribution in [1.29, 1.82) is 0 Å². The maximum absolute atomic E-state index is 13.7. The molecule has 1 aliphatic rings. The number of likely N-dealkylation sites (tertiary alicyclic amines) is 1. The monoisotopic (exact) mass is 565 g/mol. The number of benzene rings is 2. The molecule has 9 nitrogen and oxygen atoms in total. The largest absolute Gasteiger partial charge is 0.496 e. The summed E-state index contributed by atoms with van der Waals surface area (Å²) in [6.45, 7) is 6.79. The summed E-state index contributed by atoms with van der Waals surface area (Å²) in [4.78, 5) is 52.6. The van der Waals surface area contributed by atoms with Gasteiger partial charge < -0.3 is 25.4 Å². The molecule has 0 unspecified atom stereocenters. The fourth-order valence-corrected chi connectivity index (χ4v) is 4.88. The number of anilines is 1. The number of rotatable bonds is 14. The maximum Gasteiger partial charge on any atom is 0.329 e. The fraction of sp³-hybridized carbons (Fsp3) is 0.500. The zero-order valence-corrected chi connectivity index (χ0v) is 24.6. The summed E-state index contributed by atoms with van der Waals surface area (Å²) in [5, 5.41) is 3.26. The summed E-state index contributed by atoms with van der Waals surface area (Å²) in [7, 11) is 1.51. The lowest BCUT2D eigenvalue weighted by molar-refractivity contribution is -0.164. The van der Waals surface area contributed by atoms with Crippen molar-refractivity contribution in [3.63, 3.8) is 0 Å². The van der Waals surface area contributed by atoms with Crippen LogP contribution in [-0.4, -0.2) is 61.6 Å². The fourth-order valence-electron chi connectivity index (χ4n) is 4.88. The number of piperidine rings is 1. The lowest BCUT2D eigenvalue weighted by Crippen LogP contribution is -2.53. The molecule has 0 aromatic heterocycles. The second kappa shape index (κ2) is 14.8. The number of esters is 1. The molecule has 2 atom stereocenters. The molecule has 2 aromatic rings. The maximum atomic E-state index is 13.7. The minimum absolute atomic E-state index is 0.343. The first-order chi connectivity index (χ1) is 19.6. The Balaban J connectivity index is 1.86. The lowest BCUT2D eigenvalue weighted by atomic mass is 9.84. The Bertz CT molecular complexity index is 1230. The van der Waals surface area contributed by atoms with E-state index in [0.29, 0.717) is 56.6 Å². The minimum atomic E-state index is -0.819. The quantitative estimate of drug-likeness (QED) is 0.195. The average molecular weight is 566 g/mol. The van der Waals surface area contributed by atoms with Gasteiger partial charge >= 0.3 is 5.97 Å². The van der Waals surface area contributed by atoms with Crippen molar-refractivity contribution in [3.8, 4) is 5.75 Å². The Labute approximate surface area is 242 Å². The van der Waals surface area contributed by atoms with Crippen molar-refractivity contribution in [2.75, 3.05) is 32.1 Å². The summed E-state index contributed by atoms with van der Waals surface area (Å²) in [5.74, 6) is -1.14. The number of aldehydes is 1. The second-order valence-electron chi connectivity index (χ2n) is 11.1. The van der Waals surface area contributed by atoms with Crippen molar-refractivity contribution in [2.45, 2.75) is 71.4 Å². The summed E-state index contributed by atoms with van der Waals surface area (Å²) in [5.41, 5.74) is 7.89. The molecule has 1 fully saturated rings. The van der Waals surface area contributed by atoms with E-state index in [1.807, 2.05) is 43.3 Å². The Morgan fingerprint density at radius 3 is 2.63 bits per heavy atom. The van der Waals surface area contributed by atoms with Gasteiger partial charge in [-0.3, -0.25) is 14.4 Å². The normalized spacial score (nSPS) is 16.0. The number of nitrogens with zero attached hydrogens (tertiary/aromatic N) is 1. The van der Waals surface area contributed by atoms with Gasteiger partial charge in [-0.05, 0) is 73.9 Å². The summed E-state index contributed by atoms with van der Waals surface area (Å²) < 4.78 is 11.5. The van der Waals surface area contributed by atoms with Crippen LogP contribution in [-0.2, 0) is 25.5 Å². The predicted molar refractivity (Wildman–Crippen MR) is 158 cm³/mol. The van der Waals surface area contributed by atoms with Crippen LogP contribution in [0.25, 0.3) is 0 Å². The van der Waals surface area contributed by atoms with E-state index in [4.69, 9.17) is 15.2 Å². The van der Waals surface area contributed by atoms with Crippen LogP contribution in [0.4, 0.5) is 5.69 Å². The van der Waals surface area contributed by atoms with E-state index in [1.165, 1.54) is 12.0 Å². The van der Waals surface area contributed by atoms with Gasteiger partial charge in [0.2, 0.25) is 5.78 Å². The van der Waals surface area contributed by atoms with Gasteiger partial charge in [0, 0.05) is 30.7 Å². The van der Waals surface area contributed by atoms with E-state index in [1.54, 1.807) is 19.9 Å². The van der Waals surface area contributed by atoms with Crippen molar-refractivity contribution < 1.29 is 28.7 Å². The average Bonchev–Trinajstić information content (AvgIpc) is 3.00. The number of hydrogen-bond donors (Lipinski definition) is 2. The molecule has 9 heteroatoms. The number of nitrogens with two attached hydrogens (primary N) is 1. The number of carbonyl (C=O) groups is 4. The van der Waals surface area contributed by atoms with Crippen LogP contribution in [0.15, 0.2) is 42.5 Å². The van der Waals surface area contributed by atoms with Crippen molar-refractivity contribution in [3.05, 3.63) is 59.2 Å². The molecule has 1 heterocycles. The molecule has 222 valence electrons. The van der Waals surface area contributed by atoms with Crippen LogP contribution >= 0.6 is 0 Å². The van der Waals surface area contributed by atoms with Crippen molar-refractivity contribution >= 4 is 29.6 Å². The Kier molecular flexibility index (Phi) is 11.5. The molecule has 0 radical (unpaired) electrons. The third kappa shape index (κ3) is 8.16. The molecule has 0 spiro atoms. The third-order valence-electron chi connectivity index (χ3n) is 7.84. The number of Topliss-reactive ketones (excluding diaryl/α,β-unsaturated/α-hetero) is 1. The summed E-state index contributed by atoms with van der Waals surface area (Å²) in [6.07, 6.45) is 3.60. The zero-order valence-electron chi connectivity index (χ0n) is 24.6. The number of nitrogens with one attached hydrogen (secondary N) is 1. The van der Waals surface area contributed by atoms with Crippen LogP contribution in [0.3, 0.4) is 0 Å². The van der Waals surface area contributed by atoms with Crippen LogP contribution < -0.4 is 15.8 Å². The number of amides is 1. The minimum Gasteiger partial charge on any atom is -0.496 e. The van der Waals surface area contributed by atoms with E-state index >= 15 is 0 Å². The zero-order chi connectivity index (χ0) is 30.0. The molecule has 1 aliphatic heterocycles. The van der Waals surface area contributed by atoms with Gasteiger partial charge in [-0.1, -0.05) is 39.0 Å². The molecule has 1 saturated heterocycles. The molecule has 3 N–H and O–H groups in total. The highest BCUT2D eigenvalue weighted by Crippen LogP contribution is 2.30. The van der Waals surface area contributed by atoms with Gasteiger partial charge in [-0.2, -0.15) is 0 Å². The second-order valence-corrected chi connectivity index (χ2v) is 11.1. The predicted octanol–water partition coefficient (Wildman–Crippen LogP) is 4.48. The molecule has 0 aliphatic carbocycles. The van der Waals surface area contributed by atoms with Gasteiger partial charge in [0.1, 0.15) is 17.9 Å². The highest BCUT2D eigenvalue weighted by molar-refractivity contribution is 6.38. The highest BCUT2D eigenvalue weighted by Gasteiger charge is 2.41. The number of ether oxygens (including phenoxy) is 2. The van der Waals surface area contributed by atoms with E-state index in [2.05, 4.69) is 5.32 Å². The van der Waals surface area contributed by atoms with Crippen LogP contribution in [0, 0.1) is 5.41 Å². The molecule has 0 bridgehead atoms. The first-order valence-electron chi connectivity index (χ1n) is 14.4. The third-order valence-corrected chi connectivity index (χ3v) is 7.84. The molecule has 1 amide bonds. The summed E-state index contributed by atoms with van der Waals surface area (Å²) >= 11 is 0. The van der Waals surface area contributed by atoms with E-state index in [-0.39, 0.29) is 0 Å². The molecule has 3 rings (SSSR count). The van der Waals surface area contributed by atoms with Gasteiger partial charge in [0.25, 0.3) is 5.91 Å². The number of carbonyl (C=O) groups excluding carboxylic acids is 4. The Morgan fingerprint density at radius 2 is 1.95 bits per heavy atom. The first-order valence-corrected chi connectivity index (χ1v) is 14.4. The molecular formula is C32H43N3O6. The lowest BCUT2D eigenvalue weighted by Gasteiger charge is -2.36. The summed E-state index contributed by atoms with van der Waals surface area (Å²) in [6, 6.07) is 12.2. The van der Waals surface area contributed by atoms with Gasteiger partial charge in [0.15, 0.2) is 6.29 Å². The SMILES string of the molecule is CCC(C)(C)C(=O)C(=O)N1CCCC[C@H]1C(=O)O[C@H](CCc1ccc(C=O)c(OC)c1)c1cccc(NCCN)c1. The van der Waals surface area contributed by atoms with E-state index in [9.17, 15) is 19.2 Å². The smallest absolute Gasteiger partial charge is 0.329 e. The van der Waals surface area contributed by atoms with Crippen LogP contribution in [0.1, 0.15) is 80.5 Å². The van der Waals surface area contributed by atoms with Crippen LogP contribution in [0.5, 0.6) is 5.75 Å². The number of hydrogen-bond acceptors (Lipinski definition) is 8. The number of methoxy groups -OCH3 is 1. The number of aryl methyl sites for hydroxylation is 1. The van der Waals surface area contributed by atoms with Gasteiger partial charge in [-0.15, -0.1) is 0 Å². The van der Waals surface area contributed by atoms with E-state index in [0.717, 1.165) is 35.9 Å². The van der Waals surface area contributed by atoms with E-state index < -0.39 is 35.2 Å². The van der Waals surface area contributed by atoms with Crippen molar-refractivity contribution in [2.24, 2.45) is 11.1 Å². The Morgan fingerprint density at radius 1 is 1.17 bits per heavy atom. The van der Waals surface area contributed by atoms with Gasteiger partial charge in [-0.25, -0.2) is 4.79 Å². The topological polar surface area (TPSA) is 128 Å². The molecule has 2 aromatic carbocycles. The molecule has 0 saturated carbocycles. The van der Waals surface area contributed by atoms with Crippen LogP contribution in [0.2, 0.25) is 0 Å². The van der Waals surface area contributed by atoms with Gasteiger partial charge in [0.05, 0.1) is 12.7 Å². The first kappa shape index (κ1) is 31.8. The standard InChI is InChI=1S/C32H43N3O6/c1-5-32(2,3)29(37)30(38)35-18-7-6-11-26(35)31(39)41-27(23-9-8-10-25(20-23)34-17-16-33)15-13-22-12-14-24(21-36)28(19-22)40-4/h8-10,12,14,19-21,26-27,34H,5-7,11,13,15-18,33H2,1-4H3/t26-,27+/m0/s1. The highest BCUT2D eigenvalue weighted by atomic mass is 16.5. The Hall–Kier alpha value is -3.72.